The zero-order valence-electron chi connectivity index (χ0n) is 17.2. The van der Waals surface area contributed by atoms with E-state index in [1.54, 1.807) is 0 Å². The van der Waals surface area contributed by atoms with Crippen LogP contribution in [0, 0.1) is 0 Å². The van der Waals surface area contributed by atoms with Crippen molar-refractivity contribution in [3.05, 3.63) is 109 Å². The van der Waals surface area contributed by atoms with Gasteiger partial charge in [0, 0.05) is 33.7 Å². The smallest absolute Gasteiger partial charge is 0.0705 e. The van der Waals surface area contributed by atoms with E-state index in [-0.39, 0.29) is 5.41 Å². The van der Waals surface area contributed by atoms with Crippen LogP contribution in [0.25, 0.3) is 11.3 Å². The topological polar surface area (TPSA) is 16.1 Å². The Balaban J connectivity index is 1.72. The van der Waals surface area contributed by atoms with E-state index in [1.807, 2.05) is 12.1 Å². The van der Waals surface area contributed by atoms with E-state index in [9.17, 15) is 0 Å². The third-order valence-corrected chi connectivity index (χ3v) is 4.97. The number of para-hydroxylation sites is 2. The number of hydrogen-bond donors (Lipinski definition) is 0. The Bertz CT molecular complexity index is 1020. The van der Waals surface area contributed by atoms with Gasteiger partial charge in [0.2, 0.25) is 0 Å². The second-order valence-electron chi connectivity index (χ2n) is 8.21. The summed E-state index contributed by atoms with van der Waals surface area (Å²) in [6, 6.07) is 35.8. The molecule has 2 nitrogen and oxygen atoms in total. The fraction of sp³-hybridized carbons (Fsp3) is 0.148. The molecule has 0 unspecified atom stereocenters. The van der Waals surface area contributed by atoms with E-state index < -0.39 is 0 Å². The first-order chi connectivity index (χ1) is 14.0. The first kappa shape index (κ1) is 18.9. The highest BCUT2D eigenvalue weighted by atomic mass is 15.1. The normalized spacial score (nSPS) is 11.3. The van der Waals surface area contributed by atoms with Crippen molar-refractivity contribution >= 4 is 17.1 Å². The van der Waals surface area contributed by atoms with Crippen molar-refractivity contribution in [2.75, 3.05) is 4.90 Å². The van der Waals surface area contributed by atoms with Crippen LogP contribution >= 0.6 is 0 Å². The van der Waals surface area contributed by atoms with Gasteiger partial charge in [-0.15, -0.1) is 0 Å². The van der Waals surface area contributed by atoms with Crippen LogP contribution < -0.4 is 4.90 Å². The predicted octanol–water partition coefficient (Wildman–Crippen LogP) is 7.52. The summed E-state index contributed by atoms with van der Waals surface area (Å²) in [5, 5.41) is 0. The lowest BCUT2D eigenvalue weighted by atomic mass is 9.91. The quantitative estimate of drug-likeness (QED) is 0.365. The summed E-state index contributed by atoms with van der Waals surface area (Å²) in [5.74, 6) is 0. The van der Waals surface area contributed by atoms with Crippen LogP contribution in [-0.2, 0) is 5.41 Å². The second-order valence-corrected chi connectivity index (χ2v) is 8.21. The van der Waals surface area contributed by atoms with Gasteiger partial charge >= 0.3 is 0 Å². The monoisotopic (exact) mass is 378 g/mol. The highest BCUT2D eigenvalue weighted by molar-refractivity contribution is 5.77. The molecule has 0 bridgehead atoms. The molecular weight excluding hydrogens is 352 g/mol. The Morgan fingerprint density at radius 3 is 1.59 bits per heavy atom. The van der Waals surface area contributed by atoms with Gasteiger partial charge in [-0.1, -0.05) is 75.4 Å². The molecule has 4 rings (SSSR count). The predicted molar refractivity (Wildman–Crippen MR) is 123 cm³/mol. The molecule has 0 spiro atoms. The van der Waals surface area contributed by atoms with E-state index in [4.69, 9.17) is 4.98 Å². The molecule has 0 atom stereocenters. The van der Waals surface area contributed by atoms with E-state index in [0.717, 1.165) is 34.0 Å². The van der Waals surface area contributed by atoms with Crippen molar-refractivity contribution < 1.29 is 0 Å². The summed E-state index contributed by atoms with van der Waals surface area (Å²) >= 11 is 0. The Morgan fingerprint density at radius 2 is 1.07 bits per heavy atom. The van der Waals surface area contributed by atoms with E-state index in [1.165, 1.54) is 0 Å². The largest absolute Gasteiger partial charge is 0.311 e. The molecule has 29 heavy (non-hydrogen) atoms. The minimum Gasteiger partial charge on any atom is -0.311 e. The maximum absolute atomic E-state index is 4.89. The van der Waals surface area contributed by atoms with Crippen LogP contribution in [0.1, 0.15) is 26.5 Å². The Morgan fingerprint density at radius 1 is 0.552 bits per heavy atom. The lowest BCUT2D eigenvalue weighted by molar-refractivity contribution is 0.570. The van der Waals surface area contributed by atoms with Gasteiger partial charge in [0.1, 0.15) is 0 Å². The zero-order chi connectivity index (χ0) is 20.3. The van der Waals surface area contributed by atoms with Crippen LogP contribution in [-0.4, -0.2) is 4.98 Å². The van der Waals surface area contributed by atoms with Crippen LogP contribution in [0.4, 0.5) is 17.1 Å². The van der Waals surface area contributed by atoms with Crippen LogP contribution in [0.2, 0.25) is 0 Å². The van der Waals surface area contributed by atoms with Crippen molar-refractivity contribution in [1.29, 1.82) is 0 Å². The molecule has 4 aromatic rings. The minimum absolute atomic E-state index is 0.0351. The third-order valence-electron chi connectivity index (χ3n) is 4.97. The average Bonchev–Trinajstić information content (AvgIpc) is 2.76. The first-order valence-electron chi connectivity index (χ1n) is 10.0. The Hall–Kier alpha value is -3.39. The molecule has 0 saturated heterocycles. The first-order valence-corrected chi connectivity index (χ1v) is 10.0. The van der Waals surface area contributed by atoms with Gasteiger partial charge in [-0.25, -0.2) is 0 Å². The highest BCUT2D eigenvalue weighted by Crippen LogP contribution is 2.35. The number of pyridine rings is 1. The number of anilines is 3. The molecule has 0 aliphatic rings. The Kier molecular flexibility index (Phi) is 5.18. The maximum atomic E-state index is 4.89. The van der Waals surface area contributed by atoms with Gasteiger partial charge in [-0.05, 0) is 48.5 Å². The third kappa shape index (κ3) is 4.22. The fourth-order valence-electron chi connectivity index (χ4n) is 3.40. The number of benzene rings is 3. The average molecular weight is 379 g/mol. The summed E-state index contributed by atoms with van der Waals surface area (Å²) in [4.78, 5) is 7.16. The van der Waals surface area contributed by atoms with Gasteiger partial charge in [-0.3, -0.25) is 4.98 Å². The molecule has 1 heterocycles. The molecule has 0 radical (unpaired) electrons. The molecule has 3 aromatic carbocycles. The summed E-state index contributed by atoms with van der Waals surface area (Å²) < 4.78 is 0. The van der Waals surface area contributed by atoms with Gasteiger partial charge in [0.05, 0.1) is 5.69 Å². The number of nitrogens with zero attached hydrogens (tertiary/aromatic N) is 2. The van der Waals surface area contributed by atoms with Crippen molar-refractivity contribution in [2.45, 2.75) is 26.2 Å². The molecule has 1 aromatic heterocycles. The minimum atomic E-state index is 0.0351. The van der Waals surface area contributed by atoms with E-state index in [2.05, 4.69) is 117 Å². The molecule has 0 amide bonds. The van der Waals surface area contributed by atoms with Crippen molar-refractivity contribution in [3.63, 3.8) is 0 Å². The molecule has 0 aliphatic heterocycles. The van der Waals surface area contributed by atoms with Crippen molar-refractivity contribution in [3.8, 4) is 11.3 Å². The number of hydrogen-bond acceptors (Lipinski definition) is 2. The molecule has 0 saturated carbocycles. The van der Waals surface area contributed by atoms with Gasteiger partial charge in [0.25, 0.3) is 0 Å². The molecule has 2 heteroatoms. The van der Waals surface area contributed by atoms with Crippen LogP contribution in [0.5, 0.6) is 0 Å². The van der Waals surface area contributed by atoms with Gasteiger partial charge in [0.15, 0.2) is 0 Å². The van der Waals surface area contributed by atoms with Crippen molar-refractivity contribution in [1.82, 2.24) is 4.98 Å². The summed E-state index contributed by atoms with van der Waals surface area (Å²) in [7, 11) is 0. The SMILES string of the molecule is CC(C)(C)c1cccc(-c2ccc(N(c3ccccc3)c3ccccc3)cc2)n1. The molecule has 144 valence electrons. The summed E-state index contributed by atoms with van der Waals surface area (Å²) in [6.45, 7) is 6.58. The number of rotatable bonds is 4. The molecule has 0 N–H and O–H groups in total. The molecular formula is C27H26N2. The summed E-state index contributed by atoms with van der Waals surface area (Å²) in [5.41, 5.74) is 6.68. The maximum Gasteiger partial charge on any atom is 0.0705 e. The standard InChI is InChI=1S/C27H26N2/c1-27(2,3)26-16-10-15-25(28-26)21-17-19-24(20-18-21)29(22-11-6-4-7-12-22)23-13-8-5-9-14-23/h4-20H,1-3H3. The molecule has 0 fully saturated rings. The Labute approximate surface area is 173 Å². The lowest BCUT2D eigenvalue weighted by Gasteiger charge is -2.25. The number of aromatic nitrogens is 1. The second kappa shape index (κ2) is 7.92. The van der Waals surface area contributed by atoms with Gasteiger partial charge < -0.3 is 4.90 Å². The fourth-order valence-corrected chi connectivity index (χ4v) is 3.40. The van der Waals surface area contributed by atoms with Crippen LogP contribution in [0.15, 0.2) is 103 Å². The van der Waals surface area contributed by atoms with Crippen molar-refractivity contribution in [2.24, 2.45) is 0 Å². The molecule has 0 aliphatic carbocycles. The summed E-state index contributed by atoms with van der Waals surface area (Å²) in [6.07, 6.45) is 0. The van der Waals surface area contributed by atoms with E-state index in [0.29, 0.717) is 0 Å². The van der Waals surface area contributed by atoms with E-state index >= 15 is 0 Å². The lowest BCUT2D eigenvalue weighted by Crippen LogP contribution is -2.13. The van der Waals surface area contributed by atoms with Crippen LogP contribution in [0.3, 0.4) is 0 Å². The van der Waals surface area contributed by atoms with Gasteiger partial charge in [-0.2, -0.15) is 0 Å². The zero-order valence-corrected chi connectivity index (χ0v) is 17.2. The highest BCUT2D eigenvalue weighted by Gasteiger charge is 2.16.